The van der Waals surface area contributed by atoms with Crippen LogP contribution in [0.4, 0.5) is 36.2 Å². The average molecular weight is 484 g/mol. The van der Waals surface area contributed by atoms with Gasteiger partial charge in [0.1, 0.15) is 17.8 Å². The van der Waals surface area contributed by atoms with Crippen molar-refractivity contribution in [2.45, 2.75) is 57.3 Å². The van der Waals surface area contributed by atoms with E-state index in [0.717, 1.165) is 31.2 Å². The van der Waals surface area contributed by atoms with Gasteiger partial charge in [-0.25, -0.2) is 4.90 Å². The molecule has 2 aromatic rings. The fourth-order valence-corrected chi connectivity index (χ4v) is 5.36. The van der Waals surface area contributed by atoms with E-state index >= 15 is 0 Å². The molecule has 0 bridgehead atoms. The standard InChI is InChI=1S/C23H23F3N8O/c1-4-33-17-10-18(34(13-35)23(24,25)26)15(9-14(17)22(2)8-6-5-7-20(22)33)30-31-21-29-16(11-27)19(12-28)32(21)3/h9-10,13,20H,4-8H2,1-3H3. The third kappa shape index (κ3) is 3.79. The Labute approximate surface area is 200 Å². The maximum absolute atomic E-state index is 13.8. The van der Waals surface area contributed by atoms with Crippen molar-refractivity contribution in [3.63, 3.8) is 0 Å². The van der Waals surface area contributed by atoms with E-state index in [9.17, 15) is 28.5 Å². The molecule has 2 heterocycles. The van der Waals surface area contributed by atoms with E-state index in [4.69, 9.17) is 0 Å². The number of nitrogens with zero attached hydrogens (tertiary/aromatic N) is 8. The lowest BCUT2D eigenvalue weighted by atomic mass is 9.69. The number of rotatable bonds is 5. The molecular weight excluding hydrogens is 461 g/mol. The number of amides is 1. The number of hydrogen-bond acceptors (Lipinski definition) is 7. The molecule has 1 aromatic heterocycles. The monoisotopic (exact) mass is 484 g/mol. The first-order valence-electron chi connectivity index (χ1n) is 11.2. The summed E-state index contributed by atoms with van der Waals surface area (Å²) in [5.74, 6) is -0.119. The number of carbonyl (C=O) groups is 1. The molecule has 0 saturated heterocycles. The largest absolute Gasteiger partial charge is 0.491 e. The van der Waals surface area contributed by atoms with E-state index in [2.05, 4.69) is 27.0 Å². The van der Waals surface area contributed by atoms with Crippen molar-refractivity contribution in [1.82, 2.24) is 9.55 Å². The van der Waals surface area contributed by atoms with Crippen LogP contribution in [0.15, 0.2) is 22.4 Å². The number of azo groups is 1. The Morgan fingerprint density at radius 2 is 2.03 bits per heavy atom. The average Bonchev–Trinajstić information content (AvgIpc) is 3.26. The number of benzene rings is 1. The third-order valence-corrected chi connectivity index (χ3v) is 7.06. The number of halogens is 3. The van der Waals surface area contributed by atoms with Crippen molar-refractivity contribution in [3.05, 3.63) is 29.1 Å². The molecule has 1 aliphatic heterocycles. The molecule has 2 atom stereocenters. The third-order valence-electron chi connectivity index (χ3n) is 7.06. The minimum Gasteiger partial charge on any atom is -0.368 e. The van der Waals surface area contributed by atoms with Crippen LogP contribution < -0.4 is 9.80 Å². The van der Waals surface area contributed by atoms with E-state index in [1.165, 1.54) is 17.7 Å². The van der Waals surface area contributed by atoms with Gasteiger partial charge in [0, 0.05) is 30.7 Å². The van der Waals surface area contributed by atoms with Gasteiger partial charge in [-0.2, -0.15) is 15.5 Å². The molecule has 9 nitrogen and oxygen atoms in total. The van der Waals surface area contributed by atoms with Crippen molar-refractivity contribution < 1.29 is 18.0 Å². The molecule has 2 unspecified atom stereocenters. The topological polar surface area (TPSA) is 114 Å². The zero-order chi connectivity index (χ0) is 25.5. The Morgan fingerprint density at radius 3 is 2.60 bits per heavy atom. The lowest BCUT2D eigenvalue weighted by Crippen LogP contribution is -2.45. The lowest BCUT2D eigenvalue weighted by molar-refractivity contribution is -0.141. The van der Waals surface area contributed by atoms with E-state index in [1.807, 2.05) is 13.0 Å². The van der Waals surface area contributed by atoms with Crippen LogP contribution in [0.5, 0.6) is 0 Å². The number of likely N-dealkylation sites (N-methyl/N-ethyl adjacent to an activating group) is 1. The van der Waals surface area contributed by atoms with Gasteiger partial charge in [0.05, 0.1) is 5.69 Å². The summed E-state index contributed by atoms with van der Waals surface area (Å²) in [5, 5.41) is 26.4. The minimum absolute atomic E-state index is 0.0448. The zero-order valence-corrected chi connectivity index (χ0v) is 19.5. The highest BCUT2D eigenvalue weighted by Crippen LogP contribution is 2.55. The number of alkyl halides is 3. The molecule has 182 valence electrons. The summed E-state index contributed by atoms with van der Waals surface area (Å²) < 4.78 is 42.6. The highest BCUT2D eigenvalue weighted by molar-refractivity contribution is 5.87. The number of imidazole rings is 1. The maximum atomic E-state index is 13.8. The van der Waals surface area contributed by atoms with E-state index in [-0.39, 0.29) is 45.8 Å². The summed E-state index contributed by atoms with van der Waals surface area (Å²) in [5.41, 5.74) is 0.424. The summed E-state index contributed by atoms with van der Waals surface area (Å²) in [6, 6.07) is 6.69. The van der Waals surface area contributed by atoms with E-state index < -0.39 is 12.0 Å². The number of nitriles is 2. The summed E-state index contributed by atoms with van der Waals surface area (Å²) in [6.45, 7) is 4.69. The van der Waals surface area contributed by atoms with Crippen molar-refractivity contribution in [1.29, 1.82) is 10.5 Å². The van der Waals surface area contributed by atoms with Gasteiger partial charge in [-0.3, -0.25) is 4.79 Å². The van der Waals surface area contributed by atoms with Gasteiger partial charge in [-0.1, -0.05) is 19.8 Å². The number of fused-ring (bicyclic) bond motifs is 3. The maximum Gasteiger partial charge on any atom is 0.491 e. The van der Waals surface area contributed by atoms with E-state index in [0.29, 0.717) is 12.2 Å². The SMILES string of the molecule is CCN1c2cc(N(C=O)C(F)(F)F)c(N=Nc3nc(C#N)c(C#N)n3C)cc2C2(C)CCCCC12. The Hall–Kier alpha value is -3.93. The molecule has 1 fully saturated rings. The van der Waals surface area contributed by atoms with Crippen LogP contribution in [-0.4, -0.2) is 34.8 Å². The minimum atomic E-state index is -4.97. The first-order valence-corrected chi connectivity index (χ1v) is 11.2. The van der Waals surface area contributed by atoms with Gasteiger partial charge >= 0.3 is 6.30 Å². The van der Waals surface area contributed by atoms with Crippen LogP contribution in [0.2, 0.25) is 0 Å². The van der Waals surface area contributed by atoms with Crippen LogP contribution in [-0.2, 0) is 17.3 Å². The first kappa shape index (κ1) is 24.2. The van der Waals surface area contributed by atoms with Gasteiger partial charge in [-0.15, -0.1) is 23.4 Å². The molecule has 1 amide bonds. The highest BCUT2D eigenvalue weighted by atomic mass is 19.4. The van der Waals surface area contributed by atoms with Crippen molar-refractivity contribution >= 4 is 29.4 Å². The fourth-order valence-electron chi connectivity index (χ4n) is 5.36. The molecule has 1 aliphatic carbocycles. The number of anilines is 2. The summed E-state index contributed by atoms with van der Waals surface area (Å²) >= 11 is 0. The van der Waals surface area contributed by atoms with Crippen molar-refractivity contribution in [3.8, 4) is 12.1 Å². The Kier molecular flexibility index (Phi) is 6.01. The number of carbonyl (C=O) groups excluding carboxylic acids is 1. The fraction of sp³-hybridized carbons (Fsp3) is 0.478. The van der Waals surface area contributed by atoms with Crippen molar-refractivity contribution in [2.75, 3.05) is 16.3 Å². The lowest BCUT2D eigenvalue weighted by Gasteiger charge is -2.40. The Balaban J connectivity index is 1.92. The van der Waals surface area contributed by atoms with Crippen LogP contribution in [0.1, 0.15) is 56.5 Å². The van der Waals surface area contributed by atoms with Crippen LogP contribution >= 0.6 is 0 Å². The molecule has 4 rings (SSSR count). The predicted molar refractivity (Wildman–Crippen MR) is 120 cm³/mol. The number of aromatic nitrogens is 2. The van der Waals surface area contributed by atoms with Gasteiger partial charge in [0.15, 0.2) is 11.4 Å². The van der Waals surface area contributed by atoms with E-state index in [1.54, 1.807) is 12.1 Å². The molecule has 1 aromatic carbocycles. The molecule has 0 radical (unpaired) electrons. The van der Waals surface area contributed by atoms with Gasteiger partial charge < -0.3 is 9.47 Å². The summed E-state index contributed by atoms with van der Waals surface area (Å²) in [4.78, 5) is 17.3. The summed E-state index contributed by atoms with van der Waals surface area (Å²) in [7, 11) is 1.45. The van der Waals surface area contributed by atoms with Crippen LogP contribution in [0.25, 0.3) is 0 Å². The Bertz CT molecular complexity index is 1290. The molecule has 12 heteroatoms. The Morgan fingerprint density at radius 1 is 1.29 bits per heavy atom. The quantitative estimate of drug-likeness (QED) is 0.333. The van der Waals surface area contributed by atoms with Gasteiger partial charge in [0.2, 0.25) is 6.41 Å². The normalized spacial score (nSPS) is 21.4. The first-order chi connectivity index (χ1) is 16.6. The molecule has 35 heavy (non-hydrogen) atoms. The molecule has 2 aliphatic rings. The predicted octanol–water partition coefficient (Wildman–Crippen LogP) is 5.10. The second kappa shape index (κ2) is 8.69. The zero-order valence-electron chi connectivity index (χ0n) is 19.5. The highest BCUT2D eigenvalue weighted by Gasteiger charge is 2.49. The van der Waals surface area contributed by atoms with Gasteiger partial charge in [-0.05, 0) is 37.5 Å². The smallest absolute Gasteiger partial charge is 0.368 e. The summed E-state index contributed by atoms with van der Waals surface area (Å²) in [6.07, 6.45) is -1.42. The van der Waals surface area contributed by atoms with Gasteiger partial charge in [0.25, 0.3) is 5.95 Å². The second-order valence-electron chi connectivity index (χ2n) is 8.86. The van der Waals surface area contributed by atoms with Crippen LogP contribution in [0, 0.1) is 22.7 Å². The molecule has 1 saturated carbocycles. The molecular formula is C23H23F3N8O. The van der Waals surface area contributed by atoms with Crippen LogP contribution in [0.3, 0.4) is 0 Å². The number of hydrogen-bond donors (Lipinski definition) is 0. The molecule has 0 N–H and O–H groups in total. The molecule has 0 spiro atoms. The van der Waals surface area contributed by atoms with Crippen molar-refractivity contribution in [2.24, 2.45) is 17.3 Å². The second-order valence-corrected chi connectivity index (χ2v) is 8.86.